The van der Waals surface area contributed by atoms with Crippen molar-refractivity contribution in [2.75, 3.05) is 6.54 Å². The summed E-state index contributed by atoms with van der Waals surface area (Å²) in [5.41, 5.74) is 4.42. The van der Waals surface area contributed by atoms with E-state index in [1.165, 1.54) is 36.8 Å². The van der Waals surface area contributed by atoms with Crippen LogP contribution >= 0.6 is 0 Å². The summed E-state index contributed by atoms with van der Waals surface area (Å²) in [5, 5.41) is 3.74. The molecule has 0 aliphatic heterocycles. The monoisotopic (exact) mass is 261 g/mol. The third kappa shape index (κ3) is 5.36. The number of hydrogen-bond acceptors (Lipinski definition) is 1. The van der Waals surface area contributed by atoms with E-state index in [4.69, 9.17) is 0 Å². The number of rotatable bonds is 8. The molecule has 108 valence electrons. The van der Waals surface area contributed by atoms with Gasteiger partial charge in [0.1, 0.15) is 0 Å². The van der Waals surface area contributed by atoms with Gasteiger partial charge in [0.25, 0.3) is 0 Å². The fourth-order valence-corrected chi connectivity index (χ4v) is 2.66. The van der Waals surface area contributed by atoms with Crippen molar-refractivity contribution in [3.63, 3.8) is 0 Å². The molecule has 0 aliphatic rings. The molecule has 2 atom stereocenters. The molecule has 1 N–H and O–H groups in total. The van der Waals surface area contributed by atoms with Crippen molar-refractivity contribution < 1.29 is 0 Å². The highest BCUT2D eigenvalue weighted by Gasteiger charge is 2.14. The molecule has 2 unspecified atom stereocenters. The van der Waals surface area contributed by atoms with Crippen LogP contribution in [0, 0.1) is 19.8 Å². The van der Waals surface area contributed by atoms with E-state index >= 15 is 0 Å². The van der Waals surface area contributed by atoms with Crippen LogP contribution in [0.5, 0.6) is 0 Å². The fraction of sp³-hybridized carbons (Fsp3) is 0.667. The van der Waals surface area contributed by atoms with Crippen molar-refractivity contribution in [3.05, 3.63) is 34.9 Å². The summed E-state index contributed by atoms with van der Waals surface area (Å²) in [5.74, 6) is 0.804. The van der Waals surface area contributed by atoms with E-state index in [-0.39, 0.29) is 0 Å². The molecule has 19 heavy (non-hydrogen) atoms. The Morgan fingerprint density at radius 1 is 1.11 bits per heavy atom. The molecule has 0 saturated heterocycles. The van der Waals surface area contributed by atoms with E-state index in [0.717, 1.165) is 12.5 Å². The average molecular weight is 261 g/mol. The van der Waals surface area contributed by atoms with E-state index in [9.17, 15) is 0 Å². The molecule has 0 saturated carbocycles. The smallest absolute Gasteiger partial charge is 0.0110 e. The molecule has 0 fully saturated rings. The number of nitrogens with one attached hydrogen (secondary N) is 1. The first-order chi connectivity index (χ1) is 9.08. The predicted octanol–water partition coefficient (Wildman–Crippen LogP) is 4.65. The van der Waals surface area contributed by atoms with Gasteiger partial charge in [0.15, 0.2) is 0 Å². The molecule has 0 bridgehead atoms. The van der Waals surface area contributed by atoms with Crippen LogP contribution in [-0.4, -0.2) is 12.6 Å². The van der Waals surface area contributed by atoms with Crippen LogP contribution in [0.1, 0.15) is 56.7 Å². The van der Waals surface area contributed by atoms with Crippen molar-refractivity contribution in [3.8, 4) is 0 Å². The van der Waals surface area contributed by atoms with Gasteiger partial charge in [-0.05, 0) is 62.3 Å². The van der Waals surface area contributed by atoms with Crippen LogP contribution in [0.4, 0.5) is 0 Å². The lowest BCUT2D eigenvalue weighted by Crippen LogP contribution is -2.33. The molecule has 0 aromatic heterocycles. The van der Waals surface area contributed by atoms with Gasteiger partial charge >= 0.3 is 0 Å². The first kappa shape index (κ1) is 16.2. The fourth-order valence-electron chi connectivity index (χ4n) is 2.66. The highest BCUT2D eigenvalue weighted by atomic mass is 14.9. The second-order valence-corrected chi connectivity index (χ2v) is 5.97. The number of hydrogen-bond donors (Lipinski definition) is 1. The number of aryl methyl sites for hydroxylation is 2. The van der Waals surface area contributed by atoms with Crippen molar-refractivity contribution in [2.24, 2.45) is 5.92 Å². The highest BCUT2D eigenvalue weighted by molar-refractivity contribution is 5.34. The first-order valence-electron chi connectivity index (χ1n) is 7.86. The SMILES string of the molecule is CCCNC(Cc1c(C)cccc1C)CC(C)CC. The lowest BCUT2D eigenvalue weighted by molar-refractivity contribution is 0.391. The Bertz CT molecular complexity index is 350. The molecule has 0 spiro atoms. The van der Waals surface area contributed by atoms with E-state index in [0.29, 0.717) is 6.04 Å². The Hall–Kier alpha value is -0.820. The summed E-state index contributed by atoms with van der Waals surface area (Å²) in [6.07, 6.45) is 4.94. The van der Waals surface area contributed by atoms with Gasteiger partial charge in [-0.15, -0.1) is 0 Å². The van der Waals surface area contributed by atoms with Crippen molar-refractivity contribution >= 4 is 0 Å². The maximum Gasteiger partial charge on any atom is 0.0110 e. The summed E-state index contributed by atoms with van der Waals surface area (Å²) >= 11 is 0. The minimum Gasteiger partial charge on any atom is -0.314 e. The van der Waals surface area contributed by atoms with Gasteiger partial charge in [0.2, 0.25) is 0 Å². The standard InChI is InChI=1S/C18H31N/c1-6-11-19-17(12-14(3)7-2)13-18-15(4)9-8-10-16(18)5/h8-10,14,17,19H,6-7,11-13H2,1-5H3. The van der Waals surface area contributed by atoms with Gasteiger partial charge in [-0.2, -0.15) is 0 Å². The second-order valence-electron chi connectivity index (χ2n) is 5.97. The first-order valence-corrected chi connectivity index (χ1v) is 7.86. The quantitative estimate of drug-likeness (QED) is 0.718. The largest absolute Gasteiger partial charge is 0.314 e. The molecule has 0 heterocycles. The zero-order chi connectivity index (χ0) is 14.3. The Morgan fingerprint density at radius 3 is 2.26 bits per heavy atom. The van der Waals surface area contributed by atoms with Crippen LogP contribution in [-0.2, 0) is 6.42 Å². The minimum absolute atomic E-state index is 0.620. The summed E-state index contributed by atoms with van der Waals surface area (Å²) in [7, 11) is 0. The molecular formula is C18H31N. The lowest BCUT2D eigenvalue weighted by Gasteiger charge is -2.23. The zero-order valence-electron chi connectivity index (χ0n) is 13.4. The molecular weight excluding hydrogens is 230 g/mol. The van der Waals surface area contributed by atoms with Crippen LogP contribution in [0.15, 0.2) is 18.2 Å². The third-order valence-corrected chi connectivity index (χ3v) is 4.16. The van der Waals surface area contributed by atoms with Crippen molar-refractivity contribution in [1.82, 2.24) is 5.32 Å². The molecule has 1 aromatic rings. The van der Waals surface area contributed by atoms with Crippen LogP contribution < -0.4 is 5.32 Å². The van der Waals surface area contributed by atoms with E-state index in [1.54, 1.807) is 5.56 Å². The Labute approximate surface area is 119 Å². The molecule has 0 amide bonds. The van der Waals surface area contributed by atoms with Gasteiger partial charge in [-0.3, -0.25) is 0 Å². The van der Waals surface area contributed by atoms with Crippen LogP contribution in [0.25, 0.3) is 0 Å². The van der Waals surface area contributed by atoms with Gasteiger partial charge in [0, 0.05) is 6.04 Å². The van der Waals surface area contributed by atoms with Crippen molar-refractivity contribution in [1.29, 1.82) is 0 Å². The maximum atomic E-state index is 3.74. The predicted molar refractivity (Wildman–Crippen MR) is 85.8 cm³/mol. The maximum absolute atomic E-state index is 3.74. The molecule has 1 nitrogen and oxygen atoms in total. The lowest BCUT2D eigenvalue weighted by atomic mass is 9.91. The summed E-state index contributed by atoms with van der Waals surface area (Å²) < 4.78 is 0. The summed E-state index contributed by atoms with van der Waals surface area (Å²) in [4.78, 5) is 0. The average Bonchev–Trinajstić information content (AvgIpc) is 2.39. The van der Waals surface area contributed by atoms with Gasteiger partial charge in [-0.1, -0.05) is 45.4 Å². The molecule has 0 aliphatic carbocycles. The molecule has 0 radical (unpaired) electrons. The van der Waals surface area contributed by atoms with E-state index in [1.807, 2.05) is 0 Å². The van der Waals surface area contributed by atoms with Gasteiger partial charge in [-0.25, -0.2) is 0 Å². The number of benzene rings is 1. The minimum atomic E-state index is 0.620. The molecule has 1 heteroatoms. The van der Waals surface area contributed by atoms with Crippen LogP contribution in [0.2, 0.25) is 0 Å². The summed E-state index contributed by atoms with van der Waals surface area (Å²) in [6.45, 7) is 12.5. The van der Waals surface area contributed by atoms with E-state index in [2.05, 4.69) is 58.1 Å². The molecule has 1 aromatic carbocycles. The third-order valence-electron chi connectivity index (χ3n) is 4.16. The second kappa shape index (κ2) is 8.37. The zero-order valence-corrected chi connectivity index (χ0v) is 13.4. The Balaban J connectivity index is 2.75. The highest BCUT2D eigenvalue weighted by Crippen LogP contribution is 2.19. The van der Waals surface area contributed by atoms with Gasteiger partial charge < -0.3 is 5.32 Å². The van der Waals surface area contributed by atoms with Crippen molar-refractivity contribution in [2.45, 2.75) is 66.3 Å². The van der Waals surface area contributed by atoms with Crippen LogP contribution in [0.3, 0.4) is 0 Å². The summed E-state index contributed by atoms with van der Waals surface area (Å²) in [6, 6.07) is 7.26. The molecule has 1 rings (SSSR count). The topological polar surface area (TPSA) is 12.0 Å². The normalized spacial score (nSPS) is 14.4. The Morgan fingerprint density at radius 2 is 1.74 bits per heavy atom. The Kier molecular flexibility index (Phi) is 7.15. The van der Waals surface area contributed by atoms with Gasteiger partial charge in [0.05, 0.1) is 0 Å². The van der Waals surface area contributed by atoms with E-state index < -0.39 is 0 Å².